The molecule has 484 valence electrons. The van der Waals surface area contributed by atoms with Crippen molar-refractivity contribution in [3.63, 3.8) is 0 Å². The highest BCUT2D eigenvalue weighted by Gasteiger charge is 2.34. The number of rotatable bonds is 48. The molecule has 0 aliphatic carbocycles. The summed E-state index contributed by atoms with van der Waals surface area (Å²) in [6.07, 6.45) is 16.5. The number of aromatic hydroxyl groups is 1. The van der Waals surface area contributed by atoms with Crippen LogP contribution in [0.1, 0.15) is 182 Å². The van der Waals surface area contributed by atoms with Gasteiger partial charge in [0, 0.05) is 93.8 Å². The van der Waals surface area contributed by atoms with Gasteiger partial charge in [0.1, 0.15) is 23.6 Å². The fraction of sp³-hybridized carbons (Fsp3) is 0.567. The van der Waals surface area contributed by atoms with Gasteiger partial charge in [-0.2, -0.15) is 0 Å². The van der Waals surface area contributed by atoms with Crippen LogP contribution in [0.3, 0.4) is 0 Å². The smallest absolute Gasteiger partial charge is 0.303 e. The molecule has 0 aliphatic heterocycles. The van der Waals surface area contributed by atoms with Crippen LogP contribution in [0, 0.1) is 19.3 Å². The minimum Gasteiger partial charge on any atom is -0.508 e. The number of hydrogen-bond donors (Lipinski definition) is 9. The Hall–Kier alpha value is -7.47. The Labute approximate surface area is 518 Å². The first-order chi connectivity index (χ1) is 42.2. The highest BCUT2D eigenvalue weighted by Crippen LogP contribution is 2.18. The molecule has 9 N–H and O–H groups in total. The number of phenolic OH excluding ortho intramolecular Hbond substituents is 1. The molecular weight excluding hydrogens is 1110 g/mol. The molecule has 0 aromatic heterocycles. The predicted molar refractivity (Wildman–Crippen MR) is 342 cm³/mol. The van der Waals surface area contributed by atoms with Crippen molar-refractivity contribution in [2.75, 3.05) is 85.5 Å². The van der Waals surface area contributed by atoms with E-state index in [4.69, 9.17) is 30.5 Å². The van der Waals surface area contributed by atoms with Crippen LogP contribution in [0.2, 0.25) is 0 Å². The zero-order valence-electron chi connectivity index (χ0n) is 52.7. The Morgan fingerprint density at radius 3 is 1.37 bits per heavy atom. The molecule has 20 heteroatoms. The van der Waals surface area contributed by atoms with Crippen molar-refractivity contribution in [3.05, 3.63) is 102 Å². The van der Waals surface area contributed by atoms with Crippen LogP contribution in [0.15, 0.2) is 79.4 Å². The lowest BCUT2D eigenvalue weighted by atomic mass is 10.0. The van der Waals surface area contributed by atoms with Crippen molar-refractivity contribution in [1.29, 1.82) is 0 Å². The Balaban J connectivity index is 0.00000925. The molecule has 6 amide bonds. The lowest BCUT2D eigenvalue weighted by Crippen LogP contribution is -2.58. The van der Waals surface area contributed by atoms with Crippen LogP contribution in [0.4, 0.5) is 0 Å². The molecular formula is C67H103N7O13. The highest BCUT2D eigenvalue weighted by atomic mass is 16.5. The summed E-state index contributed by atoms with van der Waals surface area (Å²) in [6.45, 7) is 16.5. The van der Waals surface area contributed by atoms with E-state index in [-0.39, 0.29) is 120 Å². The molecule has 0 radical (unpaired) electrons. The van der Waals surface area contributed by atoms with Crippen LogP contribution in [0.25, 0.3) is 5.70 Å². The van der Waals surface area contributed by atoms with Crippen molar-refractivity contribution in [1.82, 2.24) is 37.2 Å². The summed E-state index contributed by atoms with van der Waals surface area (Å²) in [4.78, 5) is 88.4. The van der Waals surface area contributed by atoms with Gasteiger partial charge in [0.25, 0.3) is 11.8 Å². The fourth-order valence-electron chi connectivity index (χ4n) is 8.49. The first-order valence-corrected chi connectivity index (χ1v) is 31.3. The van der Waals surface area contributed by atoms with Crippen molar-refractivity contribution in [2.45, 2.75) is 162 Å². The van der Waals surface area contributed by atoms with E-state index >= 15 is 0 Å². The molecule has 1 atom stereocenters. The Morgan fingerprint density at radius 2 is 0.908 bits per heavy atom. The number of carbonyl (C=O) groups excluding carboxylic acids is 6. The quantitative estimate of drug-likeness (QED) is 0.0189. The summed E-state index contributed by atoms with van der Waals surface area (Å²) in [5.41, 5.74) is 2.24. The van der Waals surface area contributed by atoms with Crippen molar-refractivity contribution in [3.8, 4) is 23.8 Å². The third kappa shape index (κ3) is 39.8. The van der Waals surface area contributed by atoms with E-state index in [1.54, 1.807) is 48.5 Å². The first kappa shape index (κ1) is 77.5. The van der Waals surface area contributed by atoms with Gasteiger partial charge in [-0.1, -0.05) is 115 Å². The number of unbranched alkanes of at least 4 members (excludes halogenated alkanes) is 10. The number of terminal acetylenes is 1. The predicted octanol–water partition coefficient (Wildman–Crippen LogP) is 8.94. The van der Waals surface area contributed by atoms with Gasteiger partial charge in [0.05, 0.1) is 39.6 Å². The number of ether oxygens (including phenoxy) is 4. The minimum absolute atomic E-state index is 0.000163. The third-order valence-corrected chi connectivity index (χ3v) is 13.1. The van der Waals surface area contributed by atoms with Crippen molar-refractivity contribution < 1.29 is 62.7 Å². The molecule has 1 unspecified atom stereocenters. The summed E-state index contributed by atoms with van der Waals surface area (Å²) in [5.74, 6) is 0.887. The van der Waals surface area contributed by atoms with Crippen LogP contribution >= 0.6 is 0 Å². The maximum Gasteiger partial charge on any atom is 0.303 e. The molecule has 0 saturated heterocycles. The van der Waals surface area contributed by atoms with E-state index in [1.165, 1.54) is 0 Å². The Morgan fingerprint density at radius 1 is 0.494 bits per heavy atom. The summed E-state index contributed by atoms with van der Waals surface area (Å²) in [5, 5.41) is 39.5. The maximum atomic E-state index is 13.7. The van der Waals surface area contributed by atoms with E-state index in [0.717, 1.165) is 56.1 Å². The van der Waals surface area contributed by atoms with E-state index in [0.29, 0.717) is 107 Å². The van der Waals surface area contributed by atoms with Gasteiger partial charge in [0.2, 0.25) is 23.6 Å². The van der Waals surface area contributed by atoms with E-state index in [2.05, 4.69) is 49.7 Å². The first-order valence-electron chi connectivity index (χ1n) is 31.3. The number of amides is 6. The molecule has 3 aromatic rings. The normalized spacial score (nSPS) is 11.1. The molecule has 3 aromatic carbocycles. The number of carboxylic acid groups (broad SMARTS) is 1. The molecule has 0 spiro atoms. The van der Waals surface area contributed by atoms with Gasteiger partial charge in [0.15, 0.2) is 0 Å². The van der Waals surface area contributed by atoms with Crippen molar-refractivity contribution >= 4 is 47.1 Å². The molecule has 0 aliphatic rings. The van der Waals surface area contributed by atoms with Crippen LogP contribution in [-0.2, 0) is 38.2 Å². The SMILES string of the molecule is C#CCOc1cccc(C(=O)NCCCCNC(=O)CCOCC(COCCC(=O)NCCCCNC(=C)c2cccc(O)c2)(COCCC(=O)NCCCCNC(=O)c2cccc(C)c2)NC(=O)CCCCCCCCCCC(=O)O)c1.CC.CC. The number of carboxylic acids is 1. The lowest BCUT2D eigenvalue weighted by molar-refractivity contribution is -0.137. The summed E-state index contributed by atoms with van der Waals surface area (Å²) in [7, 11) is 0. The average Bonchev–Trinajstić information content (AvgIpc) is 3.61. The second kappa shape index (κ2) is 50.7. The molecule has 0 heterocycles. The van der Waals surface area contributed by atoms with E-state index in [9.17, 15) is 38.7 Å². The number of phenols is 1. The van der Waals surface area contributed by atoms with Gasteiger partial charge >= 0.3 is 5.97 Å². The Kier molecular flexibility index (Phi) is 45.2. The zero-order valence-corrected chi connectivity index (χ0v) is 52.7. The standard InChI is InChI=1S/C63H91N7O13.2C2H6/c1-4-39-83-55-27-21-25-53(45-55)62(79)69-38-18-16-36-67-58(74)32-42-82-48-63(70-59(75)28-11-9-7-5-6-8-10-12-29-60(76)77,46-80-40-30-56(72)65-34-14-13-33-64-50(3)51-23-20-26-54(71)44-51)47-81-41-31-57(73)66-35-15-17-37-68-61(78)52-24-19-22-49(2)43-52;2*1-2/h1,19-27,43-45,64,71H,3,5-18,28-42,46-48H2,2H3,(H,65,72)(H,66,73)(H,67,74)(H,68,78)(H,69,79)(H,70,75)(H,76,77);2*1-2H3. The number of nitrogens with one attached hydrogen (secondary N) is 7. The molecule has 0 saturated carbocycles. The maximum absolute atomic E-state index is 13.7. The molecule has 3 rings (SSSR count). The largest absolute Gasteiger partial charge is 0.508 e. The molecule has 0 fully saturated rings. The lowest BCUT2D eigenvalue weighted by Gasteiger charge is -2.34. The van der Waals surface area contributed by atoms with Crippen LogP contribution < -0.4 is 42.0 Å². The summed E-state index contributed by atoms with van der Waals surface area (Å²) < 4.78 is 23.7. The number of carbonyl (C=O) groups is 7. The monoisotopic (exact) mass is 1210 g/mol. The minimum atomic E-state index is -1.27. The number of aliphatic carboxylic acids is 1. The van der Waals surface area contributed by atoms with Gasteiger partial charge in [-0.05, 0) is 101 Å². The van der Waals surface area contributed by atoms with Gasteiger partial charge in [-0.15, -0.1) is 6.42 Å². The average molecular weight is 1210 g/mol. The van der Waals surface area contributed by atoms with Gasteiger partial charge in [-0.25, -0.2) is 0 Å². The molecule has 87 heavy (non-hydrogen) atoms. The number of hydrogen-bond acceptors (Lipinski definition) is 13. The number of benzene rings is 3. The number of aryl methyl sites for hydroxylation is 1. The second-order valence-corrected chi connectivity index (χ2v) is 20.5. The van der Waals surface area contributed by atoms with Gasteiger partial charge < -0.3 is 66.4 Å². The topological polar surface area (TPSA) is 281 Å². The van der Waals surface area contributed by atoms with E-state index in [1.807, 2.05) is 58.9 Å². The fourth-order valence-corrected chi connectivity index (χ4v) is 8.49. The summed E-state index contributed by atoms with van der Waals surface area (Å²) in [6, 6.07) is 20.9. The Bertz CT molecular complexity index is 2390. The van der Waals surface area contributed by atoms with E-state index < -0.39 is 11.5 Å². The van der Waals surface area contributed by atoms with Crippen LogP contribution in [0.5, 0.6) is 11.5 Å². The van der Waals surface area contributed by atoms with Gasteiger partial charge in [-0.3, -0.25) is 33.6 Å². The molecule has 20 nitrogen and oxygen atoms in total. The summed E-state index contributed by atoms with van der Waals surface area (Å²) >= 11 is 0. The zero-order chi connectivity index (χ0) is 64.2. The van der Waals surface area contributed by atoms with Crippen LogP contribution in [-0.4, -0.2) is 143 Å². The second-order valence-electron chi connectivity index (χ2n) is 20.5. The highest BCUT2D eigenvalue weighted by molar-refractivity contribution is 5.95. The molecule has 0 bridgehead atoms. The van der Waals surface area contributed by atoms with Crippen molar-refractivity contribution in [2.24, 2.45) is 0 Å². The third-order valence-electron chi connectivity index (χ3n) is 13.1.